The quantitative estimate of drug-likeness (QED) is 0.450. The van der Waals surface area contributed by atoms with Gasteiger partial charge in [-0.25, -0.2) is 0 Å². The highest BCUT2D eigenvalue weighted by atomic mass is 14.6. The highest BCUT2D eigenvalue weighted by Gasteiger charge is 2.53. The molecule has 0 saturated carbocycles. The summed E-state index contributed by atoms with van der Waals surface area (Å²) in [5.74, 6) is 0.436. The van der Waals surface area contributed by atoms with Crippen molar-refractivity contribution in [3.8, 4) is 0 Å². The van der Waals surface area contributed by atoms with E-state index in [9.17, 15) is 0 Å². The lowest BCUT2D eigenvalue weighted by Crippen LogP contribution is -2.47. The van der Waals surface area contributed by atoms with Crippen LogP contribution in [0.5, 0.6) is 0 Å². The Morgan fingerprint density at radius 1 is 0.708 bits per heavy atom. The Labute approximate surface area is 149 Å². The summed E-state index contributed by atoms with van der Waals surface area (Å²) < 4.78 is 0. The first-order chi connectivity index (χ1) is 10.8. The van der Waals surface area contributed by atoms with E-state index in [-0.39, 0.29) is 21.7 Å². The molecular formula is C24H34. The van der Waals surface area contributed by atoms with Crippen LogP contribution in [-0.4, -0.2) is 0 Å². The lowest BCUT2D eigenvalue weighted by atomic mass is 9.48. The van der Waals surface area contributed by atoms with E-state index in [0.717, 1.165) is 0 Å². The molecule has 1 aromatic carbocycles. The van der Waals surface area contributed by atoms with Crippen LogP contribution in [0.3, 0.4) is 0 Å². The molecule has 3 aliphatic carbocycles. The van der Waals surface area contributed by atoms with E-state index < -0.39 is 0 Å². The van der Waals surface area contributed by atoms with Crippen molar-refractivity contribution in [2.24, 2.45) is 16.2 Å². The summed E-state index contributed by atoms with van der Waals surface area (Å²) in [4.78, 5) is 0. The number of benzene rings is 1. The Hall–Kier alpha value is -1.30. The van der Waals surface area contributed by atoms with Gasteiger partial charge in [-0.2, -0.15) is 0 Å². The fourth-order valence-corrected chi connectivity index (χ4v) is 4.62. The molecule has 0 aliphatic heterocycles. The minimum atomic E-state index is -0.0103. The van der Waals surface area contributed by atoms with Gasteiger partial charge in [0.1, 0.15) is 0 Å². The first-order valence-electron chi connectivity index (χ1n) is 9.35. The van der Waals surface area contributed by atoms with Crippen molar-refractivity contribution in [3.05, 3.63) is 58.7 Å². The summed E-state index contributed by atoms with van der Waals surface area (Å²) in [6.45, 7) is 21.4. The molecule has 3 aliphatic rings. The minimum Gasteiger partial charge on any atom is -0.0690 e. The van der Waals surface area contributed by atoms with Gasteiger partial charge in [0.15, 0.2) is 0 Å². The van der Waals surface area contributed by atoms with Crippen LogP contribution >= 0.6 is 0 Å². The van der Waals surface area contributed by atoms with Gasteiger partial charge in [-0.15, -0.1) is 0 Å². The third kappa shape index (κ3) is 2.33. The molecule has 0 radical (unpaired) electrons. The topological polar surface area (TPSA) is 0 Å². The van der Waals surface area contributed by atoms with E-state index in [1.54, 1.807) is 11.1 Å². The van der Waals surface area contributed by atoms with Gasteiger partial charge in [0.2, 0.25) is 0 Å². The fraction of sp³-hybridized carbons (Fsp3) is 0.583. The zero-order valence-electron chi connectivity index (χ0n) is 17.0. The van der Waals surface area contributed by atoms with Crippen LogP contribution < -0.4 is 0 Å². The summed E-state index contributed by atoms with van der Waals surface area (Å²) >= 11 is 0. The van der Waals surface area contributed by atoms with Gasteiger partial charge in [0, 0.05) is 11.3 Å². The molecule has 0 nitrogen and oxygen atoms in total. The van der Waals surface area contributed by atoms with Crippen LogP contribution in [0.1, 0.15) is 79.4 Å². The monoisotopic (exact) mass is 322 g/mol. The van der Waals surface area contributed by atoms with Gasteiger partial charge in [0.05, 0.1) is 0 Å². The van der Waals surface area contributed by atoms with Gasteiger partial charge < -0.3 is 0 Å². The van der Waals surface area contributed by atoms with Crippen molar-refractivity contribution in [3.63, 3.8) is 0 Å². The Morgan fingerprint density at radius 3 is 1.58 bits per heavy atom. The zero-order chi connectivity index (χ0) is 18.1. The largest absolute Gasteiger partial charge is 0.0690 e. The second-order valence-corrected chi connectivity index (χ2v) is 10.8. The van der Waals surface area contributed by atoms with Gasteiger partial charge in [0.25, 0.3) is 0 Å². The molecular weight excluding hydrogens is 288 g/mol. The van der Waals surface area contributed by atoms with Crippen LogP contribution in [-0.2, 0) is 5.41 Å². The maximum atomic E-state index is 2.62. The molecule has 0 N–H and O–H groups in total. The van der Waals surface area contributed by atoms with Crippen LogP contribution in [0.2, 0.25) is 0 Å². The van der Waals surface area contributed by atoms with Crippen molar-refractivity contribution < 1.29 is 0 Å². The molecule has 0 atom stereocenters. The second-order valence-electron chi connectivity index (χ2n) is 10.8. The Morgan fingerprint density at radius 2 is 1.17 bits per heavy atom. The SMILES string of the molecule is CC(C)(C)C1=CC2(C(C)(C)C)C=C(C(C)(C)C)C1c1ccccc12. The normalized spacial score (nSPS) is 26.8. The Kier molecular flexibility index (Phi) is 3.55. The first-order valence-corrected chi connectivity index (χ1v) is 9.35. The summed E-state index contributed by atoms with van der Waals surface area (Å²) in [5.41, 5.74) is 6.74. The van der Waals surface area contributed by atoms with Crippen LogP contribution in [0.4, 0.5) is 0 Å². The zero-order valence-corrected chi connectivity index (χ0v) is 17.0. The fourth-order valence-electron chi connectivity index (χ4n) is 4.62. The third-order valence-corrected chi connectivity index (χ3v) is 6.08. The van der Waals surface area contributed by atoms with E-state index in [1.807, 2.05) is 0 Å². The van der Waals surface area contributed by atoms with E-state index >= 15 is 0 Å². The predicted molar refractivity (Wildman–Crippen MR) is 105 cm³/mol. The van der Waals surface area contributed by atoms with Crippen LogP contribution in [0.15, 0.2) is 47.6 Å². The highest BCUT2D eigenvalue weighted by Crippen LogP contribution is 2.63. The van der Waals surface area contributed by atoms with Gasteiger partial charge in [-0.05, 0) is 27.4 Å². The molecule has 130 valence electrons. The molecule has 0 saturated heterocycles. The van der Waals surface area contributed by atoms with Crippen molar-refractivity contribution in [2.45, 2.75) is 73.6 Å². The maximum absolute atomic E-state index is 2.62. The smallest absolute Gasteiger partial charge is 0.0369 e. The maximum Gasteiger partial charge on any atom is 0.0369 e. The number of rotatable bonds is 0. The molecule has 2 bridgehead atoms. The van der Waals surface area contributed by atoms with E-state index in [0.29, 0.717) is 5.92 Å². The number of allylic oxidation sites excluding steroid dienone is 4. The molecule has 4 rings (SSSR count). The standard InChI is InChI=1S/C24H34/c1-21(2,3)18-14-24(23(7,8)9)15-19(22(4,5)6)20(18)16-12-10-11-13-17(16)24/h10-15,20H,1-9H3. The third-order valence-electron chi connectivity index (χ3n) is 6.08. The number of hydrogen-bond donors (Lipinski definition) is 0. The van der Waals surface area contributed by atoms with E-state index in [1.165, 1.54) is 11.1 Å². The van der Waals surface area contributed by atoms with Crippen molar-refractivity contribution >= 4 is 0 Å². The summed E-state index contributed by atoms with van der Waals surface area (Å²) in [5, 5.41) is 0. The van der Waals surface area contributed by atoms with Crippen LogP contribution in [0, 0.1) is 16.2 Å². The Balaban J connectivity index is 2.42. The van der Waals surface area contributed by atoms with Crippen molar-refractivity contribution in [1.82, 2.24) is 0 Å². The molecule has 24 heavy (non-hydrogen) atoms. The van der Waals surface area contributed by atoms with E-state index in [2.05, 4.69) is 98.7 Å². The molecule has 0 amide bonds. The first kappa shape index (κ1) is 17.5. The minimum absolute atomic E-state index is 0.0103. The molecule has 1 aromatic rings. The van der Waals surface area contributed by atoms with Gasteiger partial charge >= 0.3 is 0 Å². The van der Waals surface area contributed by atoms with Crippen molar-refractivity contribution in [2.75, 3.05) is 0 Å². The molecule has 0 spiro atoms. The number of hydrogen-bond acceptors (Lipinski definition) is 0. The molecule has 0 heteroatoms. The van der Waals surface area contributed by atoms with Gasteiger partial charge in [-0.1, -0.05) is 110 Å². The molecule has 0 heterocycles. The summed E-state index contributed by atoms with van der Waals surface area (Å²) in [6, 6.07) is 9.16. The molecule has 0 fully saturated rings. The highest BCUT2D eigenvalue weighted by molar-refractivity contribution is 5.63. The molecule has 0 aromatic heterocycles. The predicted octanol–water partition coefficient (Wildman–Crippen LogP) is 7.03. The summed E-state index contributed by atoms with van der Waals surface area (Å²) in [7, 11) is 0. The average molecular weight is 323 g/mol. The van der Waals surface area contributed by atoms with E-state index in [4.69, 9.17) is 0 Å². The lowest BCUT2D eigenvalue weighted by Gasteiger charge is -2.55. The Bertz CT molecular complexity index is 689. The molecule has 0 unspecified atom stereocenters. The van der Waals surface area contributed by atoms with Gasteiger partial charge in [-0.3, -0.25) is 0 Å². The van der Waals surface area contributed by atoms with Crippen LogP contribution in [0.25, 0.3) is 0 Å². The lowest BCUT2D eigenvalue weighted by molar-refractivity contribution is 0.257. The summed E-state index contributed by atoms with van der Waals surface area (Å²) in [6.07, 6.45) is 5.24. The average Bonchev–Trinajstić information content (AvgIpc) is 2.44. The second kappa shape index (κ2) is 4.87. The van der Waals surface area contributed by atoms with Crippen molar-refractivity contribution in [1.29, 1.82) is 0 Å².